The van der Waals surface area contributed by atoms with Crippen LogP contribution in [0.1, 0.15) is 5.56 Å². The van der Waals surface area contributed by atoms with E-state index in [4.69, 9.17) is 9.47 Å². The Bertz CT molecular complexity index is 1050. The van der Waals surface area contributed by atoms with Crippen LogP contribution in [-0.2, 0) is 20.7 Å². The van der Waals surface area contributed by atoms with Gasteiger partial charge in [0.1, 0.15) is 11.3 Å². The van der Waals surface area contributed by atoms with Crippen molar-refractivity contribution in [2.24, 2.45) is 0 Å². The molecule has 2 aromatic carbocycles. The summed E-state index contributed by atoms with van der Waals surface area (Å²) in [5, 5.41) is 2.22. The molecule has 1 N–H and O–H groups in total. The Kier molecular flexibility index (Phi) is 5.78. The average molecular weight is 410 g/mol. The summed E-state index contributed by atoms with van der Waals surface area (Å²) in [7, 11) is 1.50. The predicted molar refractivity (Wildman–Crippen MR) is 95.8 cm³/mol. The van der Waals surface area contributed by atoms with Gasteiger partial charge in [0.2, 0.25) is 0 Å². The number of aromatic nitrogens is 1. The maximum Gasteiger partial charge on any atom is 0.310 e. The molecule has 0 fully saturated rings. The number of carbonyl (C=O) groups is 2. The minimum Gasteiger partial charge on any atom is -0.497 e. The number of nitrogens with zero attached hydrogens (tertiary/aromatic N) is 1. The molecular formula is C18H13F3N2O4S. The third-order valence-electron chi connectivity index (χ3n) is 3.61. The molecule has 0 saturated heterocycles. The number of carbonyl (C=O) groups excluding carboxylic acids is 2. The fraction of sp³-hybridized carbons (Fsp3) is 0.167. The van der Waals surface area contributed by atoms with E-state index in [-0.39, 0.29) is 16.3 Å². The van der Waals surface area contributed by atoms with Crippen molar-refractivity contribution in [2.45, 2.75) is 6.42 Å². The quantitative estimate of drug-likeness (QED) is 0.498. The first-order valence-corrected chi connectivity index (χ1v) is 8.71. The van der Waals surface area contributed by atoms with E-state index in [2.05, 4.69) is 10.3 Å². The summed E-state index contributed by atoms with van der Waals surface area (Å²) in [5.41, 5.74) is 0.254. The number of rotatable bonds is 6. The minimum absolute atomic E-state index is 0.0294. The molecule has 1 aromatic heterocycles. The molecule has 1 amide bonds. The number of anilines is 1. The van der Waals surface area contributed by atoms with Gasteiger partial charge < -0.3 is 9.47 Å². The second-order valence-corrected chi connectivity index (χ2v) is 6.62. The maximum absolute atomic E-state index is 13.7. The number of nitrogens with one attached hydrogen (secondary N) is 1. The summed E-state index contributed by atoms with van der Waals surface area (Å²) in [5.74, 6) is -5.20. The Labute approximate surface area is 160 Å². The Balaban J connectivity index is 1.57. The van der Waals surface area contributed by atoms with Crippen LogP contribution in [0, 0.1) is 17.5 Å². The molecule has 1 heterocycles. The molecule has 0 aliphatic carbocycles. The van der Waals surface area contributed by atoms with Gasteiger partial charge in [-0.05, 0) is 23.8 Å². The second kappa shape index (κ2) is 8.26. The van der Waals surface area contributed by atoms with E-state index in [1.165, 1.54) is 7.11 Å². The molecule has 0 aliphatic rings. The monoisotopic (exact) mass is 410 g/mol. The van der Waals surface area contributed by atoms with Crippen LogP contribution in [0.3, 0.4) is 0 Å². The van der Waals surface area contributed by atoms with Gasteiger partial charge in [-0.1, -0.05) is 23.5 Å². The zero-order valence-electron chi connectivity index (χ0n) is 14.4. The molecule has 146 valence electrons. The lowest BCUT2D eigenvalue weighted by Crippen LogP contribution is -2.21. The summed E-state index contributed by atoms with van der Waals surface area (Å²) in [4.78, 5) is 27.4. The Morgan fingerprint density at radius 2 is 1.96 bits per heavy atom. The van der Waals surface area contributed by atoms with E-state index < -0.39 is 41.5 Å². The van der Waals surface area contributed by atoms with Gasteiger partial charge in [-0.25, -0.2) is 18.2 Å². The van der Waals surface area contributed by atoms with Gasteiger partial charge in [0.25, 0.3) is 5.91 Å². The van der Waals surface area contributed by atoms with Gasteiger partial charge in [-0.2, -0.15) is 0 Å². The van der Waals surface area contributed by atoms with Gasteiger partial charge in [0.15, 0.2) is 29.2 Å². The molecule has 10 heteroatoms. The molecule has 0 saturated carbocycles. The van der Waals surface area contributed by atoms with E-state index >= 15 is 0 Å². The van der Waals surface area contributed by atoms with Gasteiger partial charge >= 0.3 is 5.97 Å². The van der Waals surface area contributed by atoms with Crippen molar-refractivity contribution in [1.29, 1.82) is 0 Å². The maximum atomic E-state index is 13.7. The van der Waals surface area contributed by atoms with Crippen LogP contribution in [0.2, 0.25) is 0 Å². The molecule has 0 unspecified atom stereocenters. The number of thiazole rings is 1. The zero-order chi connectivity index (χ0) is 20.3. The number of hydrogen-bond acceptors (Lipinski definition) is 6. The van der Waals surface area contributed by atoms with Crippen molar-refractivity contribution in [3.05, 3.63) is 53.3 Å². The fourth-order valence-electron chi connectivity index (χ4n) is 2.33. The second-order valence-electron chi connectivity index (χ2n) is 5.59. The van der Waals surface area contributed by atoms with E-state index in [0.717, 1.165) is 17.4 Å². The largest absolute Gasteiger partial charge is 0.497 e. The smallest absolute Gasteiger partial charge is 0.310 e. The number of esters is 1. The molecule has 3 rings (SSSR count). The standard InChI is InChI=1S/C18H13F3N2O4S/c1-26-10-4-2-3-9(5-10)6-14(25)27-8-13(24)22-18-23-17-12(28-18)7-11(19)15(20)16(17)21/h2-5,7H,6,8H2,1H3,(H,22,23,24). The molecular weight excluding hydrogens is 397 g/mol. The highest BCUT2D eigenvalue weighted by Gasteiger charge is 2.18. The number of halogens is 3. The van der Waals surface area contributed by atoms with Crippen molar-refractivity contribution in [2.75, 3.05) is 19.0 Å². The number of benzene rings is 2. The normalized spacial score (nSPS) is 10.7. The Morgan fingerprint density at radius 1 is 1.18 bits per heavy atom. The van der Waals surface area contributed by atoms with Crippen LogP contribution >= 0.6 is 11.3 Å². The summed E-state index contributed by atoms with van der Waals surface area (Å²) in [6.45, 7) is -0.593. The van der Waals surface area contributed by atoms with Crippen LogP contribution in [0.25, 0.3) is 10.2 Å². The Hall–Kier alpha value is -3.14. The van der Waals surface area contributed by atoms with Crippen molar-refractivity contribution in [3.63, 3.8) is 0 Å². The lowest BCUT2D eigenvalue weighted by Gasteiger charge is -2.06. The van der Waals surface area contributed by atoms with Crippen molar-refractivity contribution < 1.29 is 32.2 Å². The average Bonchev–Trinajstić information content (AvgIpc) is 3.07. The number of ether oxygens (including phenoxy) is 2. The molecule has 6 nitrogen and oxygen atoms in total. The first-order valence-electron chi connectivity index (χ1n) is 7.90. The van der Waals surface area contributed by atoms with Crippen LogP contribution in [-0.4, -0.2) is 30.6 Å². The summed E-state index contributed by atoms with van der Waals surface area (Å²) >= 11 is 0.760. The van der Waals surface area contributed by atoms with Gasteiger partial charge in [0.05, 0.1) is 18.2 Å². The lowest BCUT2D eigenvalue weighted by molar-refractivity contribution is -0.146. The lowest BCUT2D eigenvalue weighted by atomic mass is 10.1. The van der Waals surface area contributed by atoms with Crippen LogP contribution < -0.4 is 10.1 Å². The van der Waals surface area contributed by atoms with Crippen LogP contribution in [0.5, 0.6) is 5.75 Å². The van der Waals surface area contributed by atoms with E-state index in [1.54, 1.807) is 24.3 Å². The molecule has 0 bridgehead atoms. The molecule has 0 aliphatic heterocycles. The third kappa shape index (κ3) is 4.39. The number of hydrogen-bond donors (Lipinski definition) is 1. The summed E-state index contributed by atoms with van der Waals surface area (Å²) in [6, 6.07) is 7.59. The highest BCUT2D eigenvalue weighted by Crippen LogP contribution is 2.30. The zero-order valence-corrected chi connectivity index (χ0v) is 15.2. The van der Waals surface area contributed by atoms with Gasteiger partial charge in [-0.3, -0.25) is 14.9 Å². The Morgan fingerprint density at radius 3 is 2.71 bits per heavy atom. The van der Waals surface area contributed by atoms with Crippen LogP contribution in [0.15, 0.2) is 30.3 Å². The fourth-order valence-corrected chi connectivity index (χ4v) is 3.23. The van der Waals surface area contributed by atoms with E-state index in [1.807, 2.05) is 0 Å². The van der Waals surface area contributed by atoms with Crippen molar-refractivity contribution in [1.82, 2.24) is 4.98 Å². The summed E-state index contributed by atoms with van der Waals surface area (Å²) < 4.78 is 50.1. The van der Waals surface area contributed by atoms with Gasteiger partial charge in [0, 0.05) is 0 Å². The highest BCUT2D eigenvalue weighted by atomic mass is 32.1. The first kappa shape index (κ1) is 19.6. The molecule has 28 heavy (non-hydrogen) atoms. The summed E-state index contributed by atoms with van der Waals surface area (Å²) in [6.07, 6.45) is -0.0601. The van der Waals surface area contributed by atoms with Crippen LogP contribution in [0.4, 0.5) is 18.3 Å². The molecule has 3 aromatic rings. The first-order chi connectivity index (χ1) is 13.4. The number of fused-ring (bicyclic) bond motifs is 1. The topological polar surface area (TPSA) is 77.5 Å². The minimum atomic E-state index is -1.64. The van der Waals surface area contributed by atoms with Crippen molar-refractivity contribution >= 4 is 38.6 Å². The molecule has 0 radical (unpaired) electrons. The molecule has 0 spiro atoms. The van der Waals surface area contributed by atoms with E-state index in [0.29, 0.717) is 11.3 Å². The van der Waals surface area contributed by atoms with Gasteiger partial charge in [-0.15, -0.1) is 0 Å². The number of methoxy groups -OCH3 is 1. The molecule has 0 atom stereocenters. The number of amides is 1. The predicted octanol–water partition coefficient (Wildman–Crippen LogP) is 3.45. The third-order valence-corrected chi connectivity index (χ3v) is 4.53. The SMILES string of the molecule is COc1cccc(CC(=O)OCC(=O)Nc2nc3c(F)c(F)c(F)cc3s2)c1. The van der Waals surface area contributed by atoms with E-state index in [9.17, 15) is 22.8 Å². The van der Waals surface area contributed by atoms with Crippen molar-refractivity contribution in [3.8, 4) is 5.75 Å². The highest BCUT2D eigenvalue weighted by molar-refractivity contribution is 7.22.